The third kappa shape index (κ3) is 5.91. The molecule has 0 unspecified atom stereocenters. The molecule has 0 spiro atoms. The van der Waals surface area contributed by atoms with Gasteiger partial charge >= 0.3 is 0 Å². The van der Waals surface area contributed by atoms with Crippen LogP contribution in [0.2, 0.25) is 0 Å². The molecule has 0 saturated carbocycles. The monoisotopic (exact) mass is 510 g/mol. The summed E-state index contributed by atoms with van der Waals surface area (Å²) in [6.07, 6.45) is 2.37. The molecule has 2 aromatic carbocycles. The van der Waals surface area contributed by atoms with E-state index in [0.29, 0.717) is 6.54 Å². The SMILES string of the molecule is CN=C(NCc1ccc2c(c1)CCCN2C)NCc1ccc(OC)c(OC)c1.I. The third-order valence-electron chi connectivity index (χ3n) is 5.09. The Bertz CT molecular complexity index is 842. The number of halogens is 1. The number of fused-ring (bicyclic) bond motifs is 1. The summed E-state index contributed by atoms with van der Waals surface area (Å²) < 4.78 is 10.7. The average molecular weight is 510 g/mol. The normalized spacial score (nSPS) is 13.2. The van der Waals surface area contributed by atoms with E-state index in [-0.39, 0.29) is 24.0 Å². The van der Waals surface area contributed by atoms with Crippen molar-refractivity contribution in [2.45, 2.75) is 25.9 Å². The smallest absolute Gasteiger partial charge is 0.191 e. The maximum atomic E-state index is 5.37. The molecule has 158 valence electrons. The van der Waals surface area contributed by atoms with E-state index in [1.54, 1.807) is 21.3 Å². The number of methoxy groups -OCH3 is 2. The van der Waals surface area contributed by atoms with Crippen LogP contribution in [0.3, 0.4) is 0 Å². The van der Waals surface area contributed by atoms with E-state index in [1.165, 1.54) is 23.2 Å². The van der Waals surface area contributed by atoms with Crippen LogP contribution in [0.25, 0.3) is 0 Å². The maximum Gasteiger partial charge on any atom is 0.191 e. The Balaban J connectivity index is 0.00000300. The average Bonchev–Trinajstić information content (AvgIpc) is 2.73. The zero-order valence-electron chi connectivity index (χ0n) is 17.6. The lowest BCUT2D eigenvalue weighted by molar-refractivity contribution is 0.354. The van der Waals surface area contributed by atoms with Gasteiger partial charge in [-0.3, -0.25) is 4.99 Å². The van der Waals surface area contributed by atoms with Gasteiger partial charge in [0.1, 0.15) is 0 Å². The first-order valence-corrected chi connectivity index (χ1v) is 9.63. The number of nitrogens with one attached hydrogen (secondary N) is 2. The molecule has 2 N–H and O–H groups in total. The van der Waals surface area contributed by atoms with E-state index in [1.807, 2.05) is 18.2 Å². The van der Waals surface area contributed by atoms with Gasteiger partial charge in [-0.2, -0.15) is 0 Å². The second kappa shape index (κ2) is 11.1. The first-order valence-electron chi connectivity index (χ1n) is 9.63. The minimum Gasteiger partial charge on any atom is -0.493 e. The number of rotatable bonds is 6. The summed E-state index contributed by atoms with van der Waals surface area (Å²) in [6, 6.07) is 12.6. The molecule has 0 aliphatic carbocycles. The molecule has 29 heavy (non-hydrogen) atoms. The van der Waals surface area contributed by atoms with Crippen LogP contribution >= 0.6 is 24.0 Å². The molecule has 0 bridgehead atoms. The summed E-state index contributed by atoms with van der Waals surface area (Å²) in [5.74, 6) is 2.22. The van der Waals surface area contributed by atoms with E-state index >= 15 is 0 Å². The van der Waals surface area contributed by atoms with Gasteiger partial charge < -0.3 is 25.0 Å². The van der Waals surface area contributed by atoms with Crippen LogP contribution < -0.4 is 25.0 Å². The quantitative estimate of drug-likeness (QED) is 0.354. The molecule has 6 nitrogen and oxygen atoms in total. The highest BCUT2D eigenvalue weighted by Crippen LogP contribution is 2.28. The molecule has 1 heterocycles. The number of anilines is 1. The van der Waals surface area contributed by atoms with Crippen molar-refractivity contribution in [3.63, 3.8) is 0 Å². The molecule has 0 atom stereocenters. The lowest BCUT2D eigenvalue weighted by Gasteiger charge is -2.28. The fourth-order valence-electron chi connectivity index (χ4n) is 3.53. The maximum absolute atomic E-state index is 5.37. The predicted molar refractivity (Wildman–Crippen MR) is 130 cm³/mol. The van der Waals surface area contributed by atoms with Gasteiger partial charge in [0.15, 0.2) is 17.5 Å². The number of aliphatic imine (C=N–C) groups is 1. The summed E-state index contributed by atoms with van der Waals surface area (Å²) in [7, 11) is 7.23. The van der Waals surface area contributed by atoms with Crippen molar-refractivity contribution in [3.05, 3.63) is 53.1 Å². The highest BCUT2D eigenvalue weighted by molar-refractivity contribution is 14.0. The van der Waals surface area contributed by atoms with Crippen molar-refractivity contribution in [1.29, 1.82) is 0 Å². The Labute approximate surface area is 190 Å². The Kier molecular flexibility index (Phi) is 8.88. The number of benzene rings is 2. The molecule has 1 aliphatic heterocycles. The van der Waals surface area contributed by atoms with E-state index in [4.69, 9.17) is 9.47 Å². The van der Waals surface area contributed by atoms with Crippen LogP contribution in [0.15, 0.2) is 41.4 Å². The van der Waals surface area contributed by atoms with Crippen LogP contribution in [-0.2, 0) is 19.5 Å². The minimum atomic E-state index is 0. The van der Waals surface area contributed by atoms with Gasteiger partial charge in [0, 0.05) is 39.4 Å². The van der Waals surface area contributed by atoms with Crippen molar-refractivity contribution in [2.75, 3.05) is 39.8 Å². The molecule has 0 radical (unpaired) electrons. The van der Waals surface area contributed by atoms with Crippen molar-refractivity contribution < 1.29 is 9.47 Å². The van der Waals surface area contributed by atoms with Crippen LogP contribution in [0, 0.1) is 0 Å². The highest BCUT2D eigenvalue weighted by atomic mass is 127. The summed E-state index contributed by atoms with van der Waals surface area (Å²) >= 11 is 0. The molecule has 2 aromatic rings. The van der Waals surface area contributed by atoms with Crippen molar-refractivity contribution in [3.8, 4) is 11.5 Å². The highest BCUT2D eigenvalue weighted by Gasteiger charge is 2.13. The molecule has 0 amide bonds. The number of ether oxygens (including phenoxy) is 2. The van der Waals surface area contributed by atoms with Crippen LogP contribution in [0.4, 0.5) is 5.69 Å². The summed E-state index contributed by atoms with van der Waals surface area (Å²) in [6.45, 7) is 2.52. The van der Waals surface area contributed by atoms with Gasteiger partial charge in [-0.15, -0.1) is 24.0 Å². The molecule has 7 heteroatoms. The lowest BCUT2D eigenvalue weighted by Crippen LogP contribution is -2.36. The summed E-state index contributed by atoms with van der Waals surface area (Å²) in [4.78, 5) is 6.66. The topological polar surface area (TPSA) is 58.1 Å². The molecule has 0 aromatic heterocycles. The van der Waals surface area contributed by atoms with Crippen LogP contribution in [0.5, 0.6) is 11.5 Å². The van der Waals surface area contributed by atoms with Crippen LogP contribution in [-0.4, -0.2) is 40.8 Å². The number of hydrogen-bond acceptors (Lipinski definition) is 4. The molecular formula is C22H31IN4O2. The number of nitrogens with zero attached hydrogens (tertiary/aromatic N) is 2. The Hall–Kier alpha value is -2.16. The zero-order valence-corrected chi connectivity index (χ0v) is 19.9. The molecule has 0 fully saturated rings. The predicted octanol–water partition coefficient (Wildman–Crippen LogP) is 3.57. The zero-order chi connectivity index (χ0) is 19.9. The number of aryl methyl sites for hydroxylation is 1. The fourth-order valence-corrected chi connectivity index (χ4v) is 3.53. The second-order valence-electron chi connectivity index (χ2n) is 6.96. The standard InChI is InChI=1S/C22H30N4O2.HI/c1-23-22(25-15-17-8-10-20(27-3)21(13-17)28-4)24-14-16-7-9-19-18(12-16)6-5-11-26(19)2;/h7-10,12-13H,5-6,11,14-15H2,1-4H3,(H2,23,24,25);1H. The Morgan fingerprint density at radius 3 is 2.31 bits per heavy atom. The molecule has 0 saturated heterocycles. The fraction of sp³-hybridized carbons (Fsp3) is 0.409. The lowest BCUT2D eigenvalue weighted by atomic mass is 9.99. The summed E-state index contributed by atoms with van der Waals surface area (Å²) in [5.41, 5.74) is 5.15. The van der Waals surface area contributed by atoms with Crippen molar-refractivity contribution in [1.82, 2.24) is 10.6 Å². The van der Waals surface area contributed by atoms with Crippen molar-refractivity contribution in [2.24, 2.45) is 4.99 Å². The number of guanidine groups is 1. The molecule has 1 aliphatic rings. The van der Waals surface area contributed by atoms with Crippen LogP contribution in [0.1, 0.15) is 23.1 Å². The minimum absolute atomic E-state index is 0. The van der Waals surface area contributed by atoms with E-state index in [9.17, 15) is 0 Å². The van der Waals surface area contributed by atoms with E-state index in [0.717, 1.165) is 42.5 Å². The molecule has 3 rings (SSSR count). The largest absolute Gasteiger partial charge is 0.493 e. The van der Waals surface area contributed by atoms with Crippen molar-refractivity contribution >= 4 is 35.6 Å². The van der Waals surface area contributed by atoms with Gasteiger partial charge in [-0.25, -0.2) is 0 Å². The second-order valence-corrected chi connectivity index (χ2v) is 6.96. The van der Waals surface area contributed by atoms with Gasteiger partial charge in [0.25, 0.3) is 0 Å². The van der Waals surface area contributed by atoms with Gasteiger partial charge in [-0.1, -0.05) is 18.2 Å². The van der Waals surface area contributed by atoms with E-state index in [2.05, 4.69) is 45.8 Å². The Morgan fingerprint density at radius 1 is 1.00 bits per heavy atom. The summed E-state index contributed by atoms with van der Waals surface area (Å²) in [5, 5.41) is 6.74. The first-order chi connectivity index (χ1) is 13.6. The Morgan fingerprint density at radius 2 is 1.66 bits per heavy atom. The van der Waals surface area contributed by atoms with E-state index < -0.39 is 0 Å². The van der Waals surface area contributed by atoms with Gasteiger partial charge in [-0.05, 0) is 47.7 Å². The number of hydrogen-bond donors (Lipinski definition) is 2. The molecular weight excluding hydrogens is 479 g/mol. The first kappa shape index (κ1) is 23.1. The van der Waals surface area contributed by atoms with Gasteiger partial charge in [0.2, 0.25) is 0 Å². The van der Waals surface area contributed by atoms with Gasteiger partial charge in [0.05, 0.1) is 14.2 Å². The third-order valence-corrected chi connectivity index (χ3v) is 5.09.